The summed E-state index contributed by atoms with van der Waals surface area (Å²) in [5, 5.41) is 9.59. The summed E-state index contributed by atoms with van der Waals surface area (Å²) in [6, 6.07) is 6.51. The van der Waals surface area contributed by atoms with Gasteiger partial charge >= 0.3 is 0 Å². The zero-order chi connectivity index (χ0) is 9.80. The van der Waals surface area contributed by atoms with E-state index in [-0.39, 0.29) is 5.82 Å². The summed E-state index contributed by atoms with van der Waals surface area (Å²) in [5.74, 6) is -0.212. The van der Waals surface area contributed by atoms with E-state index in [1.807, 2.05) is 6.07 Å². The smallest absolute Gasteiger partial charge is 0.123 e. The van der Waals surface area contributed by atoms with Crippen molar-refractivity contribution in [1.82, 2.24) is 10.2 Å². The summed E-state index contributed by atoms with van der Waals surface area (Å²) in [7, 11) is 0. The number of hydrogen-bond acceptors (Lipinski definition) is 2. The first-order valence-electron chi connectivity index (χ1n) is 4.32. The first-order valence-corrected chi connectivity index (χ1v) is 4.32. The van der Waals surface area contributed by atoms with Crippen molar-refractivity contribution in [3.8, 4) is 0 Å². The molecule has 1 aromatic heterocycles. The number of nitrogens with one attached hydrogen (secondary N) is 2. The number of H-pyrrole nitrogens is 1. The van der Waals surface area contributed by atoms with Crippen LogP contribution in [0.5, 0.6) is 0 Å². The van der Waals surface area contributed by atoms with Crippen LogP contribution in [-0.2, 0) is 6.54 Å². The second kappa shape index (κ2) is 3.91. The zero-order valence-electron chi connectivity index (χ0n) is 7.50. The quantitative estimate of drug-likeness (QED) is 0.780. The third-order valence-corrected chi connectivity index (χ3v) is 1.88. The first kappa shape index (κ1) is 8.74. The van der Waals surface area contributed by atoms with E-state index in [1.54, 1.807) is 18.5 Å². The van der Waals surface area contributed by atoms with Crippen LogP contribution < -0.4 is 5.32 Å². The molecule has 2 rings (SSSR count). The lowest BCUT2D eigenvalue weighted by Gasteiger charge is -2.02. The van der Waals surface area contributed by atoms with Crippen molar-refractivity contribution in [1.29, 1.82) is 0 Å². The van der Waals surface area contributed by atoms with E-state index in [1.165, 1.54) is 12.1 Å². The van der Waals surface area contributed by atoms with Crippen molar-refractivity contribution >= 4 is 5.69 Å². The average molecular weight is 191 g/mol. The van der Waals surface area contributed by atoms with Crippen molar-refractivity contribution in [2.75, 3.05) is 5.32 Å². The third-order valence-electron chi connectivity index (χ3n) is 1.88. The molecule has 0 spiro atoms. The van der Waals surface area contributed by atoms with Crippen molar-refractivity contribution in [2.45, 2.75) is 6.54 Å². The molecule has 0 fully saturated rings. The number of benzene rings is 1. The van der Waals surface area contributed by atoms with Gasteiger partial charge in [0.05, 0.1) is 11.9 Å². The minimum Gasteiger partial charge on any atom is -0.378 e. The molecule has 0 radical (unpaired) electrons. The van der Waals surface area contributed by atoms with Crippen molar-refractivity contribution < 1.29 is 4.39 Å². The first-order chi connectivity index (χ1) is 6.84. The molecule has 2 aromatic rings. The van der Waals surface area contributed by atoms with Crippen LogP contribution in [0.2, 0.25) is 0 Å². The fourth-order valence-corrected chi connectivity index (χ4v) is 1.20. The third kappa shape index (κ3) is 2.10. The molecule has 0 unspecified atom stereocenters. The van der Waals surface area contributed by atoms with Gasteiger partial charge in [0.15, 0.2) is 0 Å². The molecule has 0 aliphatic heterocycles. The molecule has 1 heterocycles. The van der Waals surface area contributed by atoms with Crippen LogP contribution in [0.1, 0.15) is 5.56 Å². The highest BCUT2D eigenvalue weighted by atomic mass is 19.1. The minimum atomic E-state index is -0.212. The maximum atomic E-state index is 12.8. The van der Waals surface area contributed by atoms with E-state index in [9.17, 15) is 4.39 Å². The van der Waals surface area contributed by atoms with E-state index in [4.69, 9.17) is 0 Å². The van der Waals surface area contributed by atoms with Gasteiger partial charge in [-0.2, -0.15) is 5.10 Å². The largest absolute Gasteiger partial charge is 0.378 e. The van der Waals surface area contributed by atoms with Crippen molar-refractivity contribution in [3.63, 3.8) is 0 Å². The summed E-state index contributed by atoms with van der Waals surface area (Å²) in [6.07, 6.45) is 3.43. The molecule has 3 nitrogen and oxygen atoms in total. The predicted molar refractivity (Wildman–Crippen MR) is 52.3 cm³/mol. The Morgan fingerprint density at radius 3 is 3.07 bits per heavy atom. The fraction of sp³-hybridized carbons (Fsp3) is 0.100. The highest BCUT2D eigenvalue weighted by Crippen LogP contribution is 2.07. The minimum absolute atomic E-state index is 0.212. The molecule has 14 heavy (non-hydrogen) atoms. The molecule has 4 heteroatoms. The summed E-state index contributed by atoms with van der Waals surface area (Å²) in [6.45, 7) is 0.595. The van der Waals surface area contributed by atoms with E-state index in [0.717, 1.165) is 11.3 Å². The molecule has 0 amide bonds. The van der Waals surface area contributed by atoms with Gasteiger partial charge in [-0.3, -0.25) is 5.10 Å². The molecule has 0 saturated heterocycles. The molecule has 0 atom stereocenters. The lowest BCUT2D eigenvalue weighted by molar-refractivity contribution is 0.626. The van der Waals surface area contributed by atoms with Gasteiger partial charge in [-0.1, -0.05) is 12.1 Å². The standard InChI is InChI=1S/C10H10FN3/c11-9-3-1-2-8(4-9)5-12-10-6-13-14-7-10/h1-4,6-7,12H,5H2,(H,13,14). The Hall–Kier alpha value is -1.84. The van der Waals surface area contributed by atoms with Gasteiger partial charge in [0.1, 0.15) is 5.82 Å². The maximum Gasteiger partial charge on any atom is 0.123 e. The van der Waals surface area contributed by atoms with Gasteiger partial charge < -0.3 is 5.32 Å². The second-order valence-corrected chi connectivity index (χ2v) is 2.97. The fourth-order valence-electron chi connectivity index (χ4n) is 1.20. The Morgan fingerprint density at radius 2 is 2.36 bits per heavy atom. The summed E-state index contributed by atoms with van der Waals surface area (Å²) >= 11 is 0. The number of rotatable bonds is 3. The Balaban J connectivity index is 1.98. The number of halogens is 1. The second-order valence-electron chi connectivity index (χ2n) is 2.97. The van der Waals surface area contributed by atoms with Crippen molar-refractivity contribution in [2.24, 2.45) is 0 Å². The Kier molecular flexibility index (Phi) is 2.44. The van der Waals surface area contributed by atoms with Gasteiger partial charge in [-0.05, 0) is 17.7 Å². The molecule has 0 saturated carbocycles. The molecular formula is C10H10FN3. The van der Waals surface area contributed by atoms with Gasteiger partial charge in [-0.15, -0.1) is 0 Å². The van der Waals surface area contributed by atoms with E-state index in [2.05, 4.69) is 15.5 Å². The van der Waals surface area contributed by atoms with Crippen LogP contribution in [0.25, 0.3) is 0 Å². The van der Waals surface area contributed by atoms with Crippen LogP contribution in [0.3, 0.4) is 0 Å². The lowest BCUT2D eigenvalue weighted by Crippen LogP contribution is -1.98. The van der Waals surface area contributed by atoms with Gasteiger partial charge in [0.2, 0.25) is 0 Å². The normalized spacial score (nSPS) is 10.1. The van der Waals surface area contributed by atoms with Crippen LogP contribution >= 0.6 is 0 Å². The lowest BCUT2D eigenvalue weighted by atomic mass is 10.2. The van der Waals surface area contributed by atoms with Gasteiger partial charge in [0, 0.05) is 12.7 Å². The number of aromatic nitrogens is 2. The van der Waals surface area contributed by atoms with Crippen LogP contribution in [0.15, 0.2) is 36.7 Å². The number of hydrogen-bond donors (Lipinski definition) is 2. The van der Waals surface area contributed by atoms with Gasteiger partial charge in [-0.25, -0.2) is 4.39 Å². The highest BCUT2D eigenvalue weighted by molar-refractivity contribution is 5.38. The Bertz CT molecular complexity index is 398. The molecular weight excluding hydrogens is 181 g/mol. The zero-order valence-corrected chi connectivity index (χ0v) is 7.50. The van der Waals surface area contributed by atoms with E-state index in [0.29, 0.717) is 6.54 Å². The monoisotopic (exact) mass is 191 g/mol. The molecule has 0 bridgehead atoms. The average Bonchev–Trinajstić information content (AvgIpc) is 2.67. The molecule has 0 aliphatic carbocycles. The van der Waals surface area contributed by atoms with Gasteiger partial charge in [0.25, 0.3) is 0 Å². The van der Waals surface area contributed by atoms with Crippen molar-refractivity contribution in [3.05, 3.63) is 48.0 Å². The number of aromatic amines is 1. The summed E-state index contributed by atoms with van der Waals surface area (Å²) in [4.78, 5) is 0. The van der Waals surface area contributed by atoms with E-state index >= 15 is 0 Å². The van der Waals surface area contributed by atoms with Crippen LogP contribution in [-0.4, -0.2) is 10.2 Å². The maximum absolute atomic E-state index is 12.8. The molecule has 72 valence electrons. The number of nitrogens with zero attached hydrogens (tertiary/aromatic N) is 1. The summed E-state index contributed by atoms with van der Waals surface area (Å²) in [5.41, 5.74) is 1.81. The Morgan fingerprint density at radius 1 is 1.43 bits per heavy atom. The highest BCUT2D eigenvalue weighted by Gasteiger charge is 1.95. The topological polar surface area (TPSA) is 40.7 Å². The molecule has 0 aliphatic rings. The summed E-state index contributed by atoms with van der Waals surface area (Å²) < 4.78 is 12.8. The predicted octanol–water partition coefficient (Wildman–Crippen LogP) is 2.16. The Labute approximate surface area is 81.0 Å². The molecule has 1 aromatic carbocycles. The van der Waals surface area contributed by atoms with Crippen LogP contribution in [0.4, 0.5) is 10.1 Å². The van der Waals surface area contributed by atoms with Crippen LogP contribution in [0, 0.1) is 5.82 Å². The SMILES string of the molecule is Fc1cccc(CNc2cn[nH]c2)c1. The number of anilines is 1. The van der Waals surface area contributed by atoms with E-state index < -0.39 is 0 Å². The molecule has 2 N–H and O–H groups in total.